The average Bonchev–Trinajstić information content (AvgIpc) is 2.86. The number of Topliss-reactive ketones (excluding diaryl/α,β-unsaturated/α-hetero) is 1. The summed E-state index contributed by atoms with van der Waals surface area (Å²) in [4.78, 5) is 11.7. The van der Waals surface area contributed by atoms with Gasteiger partial charge in [-0.15, -0.1) is 0 Å². The normalized spacial score (nSPS) is 18.1. The lowest BCUT2D eigenvalue weighted by Crippen LogP contribution is -2.22. The van der Waals surface area contributed by atoms with Crippen molar-refractivity contribution >= 4 is 40.6 Å². The predicted molar refractivity (Wildman–Crippen MR) is 68.1 cm³/mol. The molecule has 2 rings (SSSR count). The minimum Gasteiger partial charge on any atom is -0.382 e. The van der Waals surface area contributed by atoms with E-state index in [1.807, 2.05) is 10.8 Å². The van der Waals surface area contributed by atoms with Gasteiger partial charge in [-0.1, -0.05) is 34.8 Å². The molecule has 17 heavy (non-hydrogen) atoms. The molecule has 94 valence electrons. The van der Waals surface area contributed by atoms with Gasteiger partial charge in [0.2, 0.25) is 5.78 Å². The highest BCUT2D eigenvalue weighted by molar-refractivity contribution is 6.77. The number of ketones is 1. The fourth-order valence-corrected chi connectivity index (χ4v) is 2.21. The summed E-state index contributed by atoms with van der Waals surface area (Å²) in [5, 5.41) is 0. The maximum Gasteiger partial charge on any atom is 0.253 e. The van der Waals surface area contributed by atoms with Gasteiger partial charge in [-0.05, 0) is 18.9 Å². The summed E-state index contributed by atoms with van der Waals surface area (Å²) in [5.74, 6) is -0.505. The van der Waals surface area contributed by atoms with Crippen LogP contribution in [0.2, 0.25) is 0 Å². The van der Waals surface area contributed by atoms with Crippen molar-refractivity contribution in [2.75, 3.05) is 13.7 Å². The first-order chi connectivity index (χ1) is 7.89. The van der Waals surface area contributed by atoms with Crippen LogP contribution < -0.4 is 0 Å². The van der Waals surface area contributed by atoms with E-state index in [1.54, 1.807) is 19.4 Å². The first kappa shape index (κ1) is 13.2. The summed E-state index contributed by atoms with van der Waals surface area (Å²) in [6.45, 7) is 0.628. The van der Waals surface area contributed by atoms with Crippen LogP contribution in [0.1, 0.15) is 23.2 Å². The summed E-state index contributed by atoms with van der Waals surface area (Å²) >= 11 is 16.7. The molecule has 0 spiro atoms. The van der Waals surface area contributed by atoms with Gasteiger partial charge in [-0.2, -0.15) is 0 Å². The van der Waals surface area contributed by atoms with Crippen LogP contribution in [0.5, 0.6) is 0 Å². The highest BCUT2D eigenvalue weighted by atomic mass is 35.6. The van der Waals surface area contributed by atoms with Gasteiger partial charge in [0.05, 0.1) is 12.1 Å². The third-order valence-electron chi connectivity index (χ3n) is 3.00. The van der Waals surface area contributed by atoms with Crippen molar-refractivity contribution in [1.29, 1.82) is 0 Å². The third kappa shape index (κ3) is 2.63. The number of alkyl halides is 3. The van der Waals surface area contributed by atoms with Crippen molar-refractivity contribution in [3.63, 3.8) is 0 Å². The van der Waals surface area contributed by atoms with Crippen LogP contribution >= 0.6 is 34.8 Å². The predicted octanol–water partition coefficient (Wildman–Crippen LogP) is 3.18. The van der Waals surface area contributed by atoms with Gasteiger partial charge in [-0.3, -0.25) is 4.79 Å². The van der Waals surface area contributed by atoms with Crippen LogP contribution in [-0.4, -0.2) is 27.9 Å². The van der Waals surface area contributed by atoms with E-state index in [0.717, 1.165) is 12.8 Å². The van der Waals surface area contributed by atoms with E-state index in [0.29, 0.717) is 12.2 Å². The maximum atomic E-state index is 11.7. The molecule has 1 aromatic rings. The summed E-state index contributed by atoms with van der Waals surface area (Å²) in [6, 6.07) is 1.67. The number of carbonyl (C=O) groups excluding carboxylic acids is 1. The smallest absolute Gasteiger partial charge is 0.253 e. The highest BCUT2D eigenvalue weighted by Crippen LogP contribution is 2.44. The fraction of sp³-hybridized carbons (Fsp3) is 0.545. The Balaban J connectivity index is 2.20. The molecule has 1 saturated carbocycles. The molecule has 0 aliphatic heterocycles. The maximum absolute atomic E-state index is 11.7. The number of ether oxygens (including phenoxy) is 1. The molecule has 6 heteroatoms. The van der Waals surface area contributed by atoms with Crippen LogP contribution in [0.25, 0.3) is 0 Å². The van der Waals surface area contributed by atoms with Gasteiger partial charge >= 0.3 is 0 Å². The van der Waals surface area contributed by atoms with Crippen molar-refractivity contribution < 1.29 is 9.53 Å². The Morgan fingerprint density at radius 1 is 1.53 bits per heavy atom. The van der Waals surface area contributed by atoms with Gasteiger partial charge < -0.3 is 9.30 Å². The van der Waals surface area contributed by atoms with Gasteiger partial charge in [-0.25, -0.2) is 0 Å². The molecule has 0 aromatic carbocycles. The lowest BCUT2D eigenvalue weighted by atomic mass is 10.2. The largest absolute Gasteiger partial charge is 0.382 e. The fourth-order valence-electron chi connectivity index (χ4n) is 1.88. The minimum atomic E-state index is -1.90. The summed E-state index contributed by atoms with van der Waals surface area (Å²) in [6.07, 6.45) is 5.62. The molecule has 0 unspecified atom stereocenters. The second-order valence-corrected chi connectivity index (χ2v) is 6.57. The Bertz CT molecular complexity index is 432. The molecule has 0 saturated heterocycles. The van der Waals surface area contributed by atoms with Crippen LogP contribution in [0.3, 0.4) is 0 Å². The third-order valence-corrected chi connectivity index (χ3v) is 3.52. The molecule has 1 fully saturated rings. The Kier molecular flexibility index (Phi) is 3.47. The zero-order valence-electron chi connectivity index (χ0n) is 9.25. The van der Waals surface area contributed by atoms with E-state index in [9.17, 15) is 4.79 Å². The zero-order valence-corrected chi connectivity index (χ0v) is 11.5. The number of hydrogen-bond acceptors (Lipinski definition) is 2. The number of carbonyl (C=O) groups is 1. The second kappa shape index (κ2) is 4.47. The van der Waals surface area contributed by atoms with E-state index in [-0.39, 0.29) is 5.54 Å². The molecule has 0 atom stereocenters. The molecular weight excluding hydrogens is 284 g/mol. The monoisotopic (exact) mass is 295 g/mol. The Hall–Kier alpha value is -0.220. The molecule has 1 aromatic heterocycles. The van der Waals surface area contributed by atoms with Crippen molar-refractivity contribution in [3.8, 4) is 0 Å². The van der Waals surface area contributed by atoms with Crippen LogP contribution in [-0.2, 0) is 10.3 Å². The quantitative estimate of drug-likeness (QED) is 0.631. The lowest BCUT2D eigenvalue weighted by Gasteiger charge is -2.16. The van der Waals surface area contributed by atoms with Crippen LogP contribution in [0.15, 0.2) is 18.5 Å². The molecule has 0 N–H and O–H groups in total. The summed E-state index contributed by atoms with van der Waals surface area (Å²) < 4.78 is 5.25. The van der Waals surface area contributed by atoms with Crippen molar-refractivity contribution in [1.82, 2.24) is 4.57 Å². The highest BCUT2D eigenvalue weighted by Gasteiger charge is 2.44. The van der Waals surface area contributed by atoms with Gasteiger partial charge in [0.1, 0.15) is 0 Å². The van der Waals surface area contributed by atoms with E-state index in [2.05, 4.69) is 0 Å². The van der Waals surface area contributed by atoms with Gasteiger partial charge in [0.25, 0.3) is 3.79 Å². The number of methoxy groups -OCH3 is 1. The molecule has 0 bridgehead atoms. The first-order valence-corrected chi connectivity index (χ1v) is 6.31. The molecule has 1 aliphatic carbocycles. The summed E-state index contributed by atoms with van der Waals surface area (Å²) in [5.41, 5.74) is 0.397. The van der Waals surface area contributed by atoms with E-state index in [4.69, 9.17) is 39.5 Å². The Labute approximate surface area is 115 Å². The SMILES string of the molecule is COCC1(n2ccc(C(=O)C(Cl)(Cl)Cl)c2)CC1. The van der Waals surface area contributed by atoms with Crippen LogP contribution in [0.4, 0.5) is 0 Å². The molecule has 1 heterocycles. The number of halogens is 3. The molecule has 0 radical (unpaired) electrons. The molecule has 0 amide bonds. The standard InChI is InChI=1S/C11H12Cl3NO2/c1-17-7-10(3-4-10)15-5-2-8(6-15)9(16)11(12,13)14/h2,5-6H,3-4,7H2,1H3. The molecular formula is C11H12Cl3NO2. The van der Waals surface area contributed by atoms with Gasteiger partial charge in [0.15, 0.2) is 0 Å². The van der Waals surface area contributed by atoms with Crippen LogP contribution in [0, 0.1) is 0 Å². The van der Waals surface area contributed by atoms with Crippen molar-refractivity contribution in [3.05, 3.63) is 24.0 Å². The minimum absolute atomic E-state index is 0.0130. The zero-order chi connectivity index (χ0) is 12.7. The van der Waals surface area contributed by atoms with E-state index < -0.39 is 9.58 Å². The average molecular weight is 297 g/mol. The molecule has 3 nitrogen and oxygen atoms in total. The molecule has 1 aliphatic rings. The second-order valence-electron chi connectivity index (χ2n) is 4.29. The lowest BCUT2D eigenvalue weighted by molar-refractivity contribution is 0.0995. The number of hydrogen-bond donors (Lipinski definition) is 0. The first-order valence-electron chi connectivity index (χ1n) is 5.18. The van der Waals surface area contributed by atoms with E-state index in [1.165, 1.54) is 0 Å². The number of nitrogens with zero attached hydrogens (tertiary/aromatic N) is 1. The van der Waals surface area contributed by atoms with Gasteiger partial charge in [0, 0.05) is 25.1 Å². The van der Waals surface area contributed by atoms with Crippen molar-refractivity contribution in [2.24, 2.45) is 0 Å². The van der Waals surface area contributed by atoms with Crippen molar-refractivity contribution in [2.45, 2.75) is 22.2 Å². The van der Waals surface area contributed by atoms with E-state index >= 15 is 0 Å². The Morgan fingerprint density at radius 3 is 2.65 bits per heavy atom. The Morgan fingerprint density at radius 2 is 2.18 bits per heavy atom. The summed E-state index contributed by atoms with van der Waals surface area (Å²) in [7, 11) is 1.66. The number of rotatable bonds is 4. The number of aromatic nitrogens is 1. The topological polar surface area (TPSA) is 31.2 Å².